The Balaban J connectivity index is 1.61. The maximum atomic E-state index is 13.1. The van der Waals surface area contributed by atoms with Gasteiger partial charge in [-0.2, -0.15) is 0 Å². The second-order valence-electron chi connectivity index (χ2n) is 9.17. The number of ether oxygens (including phenoxy) is 1. The van der Waals surface area contributed by atoms with Gasteiger partial charge in [0.1, 0.15) is 18.1 Å². The van der Waals surface area contributed by atoms with Crippen LogP contribution in [0.5, 0.6) is 5.75 Å². The minimum absolute atomic E-state index is 0.0876. The van der Waals surface area contributed by atoms with Gasteiger partial charge in [-0.3, -0.25) is 14.6 Å². The van der Waals surface area contributed by atoms with E-state index in [2.05, 4.69) is 4.98 Å². The van der Waals surface area contributed by atoms with Crippen LogP contribution in [0.3, 0.4) is 0 Å². The number of hydrogen-bond acceptors (Lipinski definition) is 6. The molecule has 2 heterocycles. The highest BCUT2D eigenvalue weighted by Gasteiger charge is 2.45. The van der Waals surface area contributed by atoms with Crippen LogP contribution in [0.25, 0.3) is 5.76 Å². The minimum atomic E-state index is -0.681. The molecule has 1 fully saturated rings. The number of Topliss-reactive ketones (excluding diaryl/α,β-unsaturated/α-hetero) is 1. The van der Waals surface area contributed by atoms with Crippen molar-refractivity contribution in [3.63, 3.8) is 0 Å². The molecule has 186 valence electrons. The summed E-state index contributed by atoms with van der Waals surface area (Å²) in [5, 5.41) is 11.2. The lowest BCUT2D eigenvalue weighted by Crippen LogP contribution is -2.32. The SMILES string of the molecule is Cc1ccccc1COc1ccc(/C(O)=C2\C(=O)C(=O)N(CCCN(C)C)[C@H]2c2ccncc2)cc1. The van der Waals surface area contributed by atoms with E-state index in [-0.39, 0.29) is 11.3 Å². The molecule has 0 radical (unpaired) electrons. The second kappa shape index (κ2) is 11.2. The summed E-state index contributed by atoms with van der Waals surface area (Å²) in [4.78, 5) is 33.7. The van der Waals surface area contributed by atoms with Gasteiger partial charge in [-0.1, -0.05) is 24.3 Å². The molecule has 7 heteroatoms. The van der Waals surface area contributed by atoms with Crippen LogP contribution in [-0.4, -0.2) is 58.8 Å². The molecule has 7 nitrogen and oxygen atoms in total. The Morgan fingerprint density at radius 2 is 1.72 bits per heavy atom. The van der Waals surface area contributed by atoms with Gasteiger partial charge in [0.05, 0.1) is 11.6 Å². The second-order valence-corrected chi connectivity index (χ2v) is 9.17. The van der Waals surface area contributed by atoms with E-state index in [1.165, 1.54) is 0 Å². The number of aliphatic hydroxyl groups excluding tert-OH is 1. The van der Waals surface area contributed by atoms with Crippen molar-refractivity contribution in [3.8, 4) is 5.75 Å². The number of aromatic nitrogens is 1. The van der Waals surface area contributed by atoms with Gasteiger partial charge in [0, 0.05) is 24.5 Å². The Kier molecular flexibility index (Phi) is 7.80. The van der Waals surface area contributed by atoms with Crippen molar-refractivity contribution >= 4 is 17.4 Å². The molecule has 1 atom stereocenters. The number of likely N-dealkylation sites (tertiary alicyclic amines) is 1. The lowest BCUT2D eigenvalue weighted by atomic mass is 9.96. The molecule has 1 aliphatic heterocycles. The molecule has 36 heavy (non-hydrogen) atoms. The highest BCUT2D eigenvalue weighted by atomic mass is 16.5. The summed E-state index contributed by atoms with van der Waals surface area (Å²) in [6.45, 7) is 3.64. The zero-order chi connectivity index (χ0) is 25.7. The summed E-state index contributed by atoms with van der Waals surface area (Å²) in [7, 11) is 3.92. The third-order valence-corrected chi connectivity index (χ3v) is 6.35. The van der Waals surface area contributed by atoms with Crippen LogP contribution in [-0.2, 0) is 16.2 Å². The maximum absolute atomic E-state index is 13.1. The van der Waals surface area contributed by atoms with Crippen LogP contribution in [0.2, 0.25) is 0 Å². The van der Waals surface area contributed by atoms with Gasteiger partial charge in [-0.25, -0.2) is 0 Å². The van der Waals surface area contributed by atoms with Crippen molar-refractivity contribution in [3.05, 3.63) is 101 Å². The molecule has 3 aromatic rings. The van der Waals surface area contributed by atoms with Gasteiger partial charge in [0.15, 0.2) is 0 Å². The van der Waals surface area contributed by atoms with Gasteiger partial charge in [0.2, 0.25) is 0 Å². The van der Waals surface area contributed by atoms with Crippen LogP contribution in [0.1, 0.15) is 34.7 Å². The Bertz CT molecular complexity index is 1250. The number of rotatable bonds is 9. The topological polar surface area (TPSA) is 83.0 Å². The summed E-state index contributed by atoms with van der Waals surface area (Å²) in [5.41, 5.74) is 3.51. The van der Waals surface area contributed by atoms with E-state index >= 15 is 0 Å². The molecule has 4 rings (SSSR count). The van der Waals surface area contributed by atoms with Crippen LogP contribution >= 0.6 is 0 Å². The van der Waals surface area contributed by atoms with Crippen molar-refractivity contribution in [2.45, 2.75) is 26.0 Å². The highest BCUT2D eigenvalue weighted by Crippen LogP contribution is 2.39. The molecule has 0 spiro atoms. The third kappa shape index (κ3) is 5.47. The predicted molar refractivity (Wildman–Crippen MR) is 138 cm³/mol. The summed E-state index contributed by atoms with van der Waals surface area (Å²) in [6.07, 6.45) is 3.94. The van der Waals surface area contributed by atoms with Crippen LogP contribution in [0.15, 0.2) is 78.6 Å². The monoisotopic (exact) mass is 485 g/mol. The first-order valence-corrected chi connectivity index (χ1v) is 12.0. The molecule has 1 N–H and O–H groups in total. The first-order valence-electron chi connectivity index (χ1n) is 12.0. The first-order chi connectivity index (χ1) is 17.4. The number of hydrogen-bond donors (Lipinski definition) is 1. The van der Waals surface area contributed by atoms with Crippen molar-refractivity contribution < 1.29 is 19.4 Å². The molecule has 0 aliphatic carbocycles. The number of amides is 1. The normalized spacial score (nSPS) is 17.1. The number of nitrogens with zero attached hydrogens (tertiary/aromatic N) is 3. The van der Waals surface area contributed by atoms with Crippen LogP contribution in [0, 0.1) is 6.92 Å². The predicted octanol–water partition coefficient (Wildman–Crippen LogP) is 4.34. The van der Waals surface area contributed by atoms with Crippen LogP contribution in [0.4, 0.5) is 0 Å². The molecular formula is C29H31N3O4. The standard InChI is InChI=1S/C29H31N3O4/c1-20-7-4-5-8-23(20)19-36-24-11-9-22(10-12-24)27(33)25-26(21-13-15-30-16-14-21)32(29(35)28(25)34)18-6-17-31(2)3/h4-5,7-16,26,33H,6,17-19H2,1-3H3/b27-25+/t26-/m0/s1. The molecule has 0 bridgehead atoms. The fraction of sp³-hybridized carbons (Fsp3) is 0.276. The number of pyridine rings is 1. The first kappa shape index (κ1) is 25.1. The van der Waals surface area contributed by atoms with Crippen molar-refractivity contribution in [1.29, 1.82) is 0 Å². The molecule has 0 saturated carbocycles. The Labute approximate surface area is 211 Å². The van der Waals surface area contributed by atoms with Gasteiger partial charge in [0.25, 0.3) is 11.7 Å². The molecule has 2 aromatic carbocycles. The average molecular weight is 486 g/mol. The van der Waals surface area contributed by atoms with E-state index in [1.54, 1.807) is 53.7 Å². The minimum Gasteiger partial charge on any atom is -0.507 e. The fourth-order valence-corrected chi connectivity index (χ4v) is 4.36. The number of carbonyl (C=O) groups excluding carboxylic acids is 2. The van der Waals surface area contributed by atoms with Crippen molar-refractivity contribution in [1.82, 2.24) is 14.8 Å². The molecule has 1 amide bonds. The lowest BCUT2D eigenvalue weighted by Gasteiger charge is -2.25. The highest BCUT2D eigenvalue weighted by molar-refractivity contribution is 6.46. The lowest BCUT2D eigenvalue weighted by molar-refractivity contribution is -0.139. The summed E-state index contributed by atoms with van der Waals surface area (Å²) in [5.74, 6) is -0.838. The largest absolute Gasteiger partial charge is 0.507 e. The fourth-order valence-electron chi connectivity index (χ4n) is 4.36. The Morgan fingerprint density at radius 1 is 1.03 bits per heavy atom. The Hall–Kier alpha value is -3.97. The van der Waals surface area contributed by atoms with E-state index < -0.39 is 17.7 Å². The van der Waals surface area contributed by atoms with Gasteiger partial charge < -0.3 is 19.6 Å². The summed E-state index contributed by atoms with van der Waals surface area (Å²) >= 11 is 0. The molecule has 1 saturated heterocycles. The zero-order valence-electron chi connectivity index (χ0n) is 20.8. The number of ketones is 1. The third-order valence-electron chi connectivity index (χ3n) is 6.35. The van der Waals surface area contributed by atoms with E-state index in [4.69, 9.17) is 4.74 Å². The van der Waals surface area contributed by atoms with E-state index in [9.17, 15) is 14.7 Å². The number of benzene rings is 2. The summed E-state index contributed by atoms with van der Waals surface area (Å²) < 4.78 is 5.90. The number of carbonyl (C=O) groups is 2. The quantitative estimate of drug-likeness (QED) is 0.276. The van der Waals surface area contributed by atoms with Crippen molar-refractivity contribution in [2.75, 3.05) is 27.2 Å². The number of aliphatic hydroxyl groups is 1. The van der Waals surface area contributed by atoms with Gasteiger partial charge in [-0.15, -0.1) is 0 Å². The number of aryl methyl sites for hydroxylation is 1. The van der Waals surface area contributed by atoms with Crippen molar-refractivity contribution in [2.24, 2.45) is 0 Å². The smallest absolute Gasteiger partial charge is 0.295 e. The van der Waals surface area contributed by atoms with Crippen LogP contribution < -0.4 is 4.74 Å². The maximum Gasteiger partial charge on any atom is 0.295 e. The Morgan fingerprint density at radius 3 is 2.39 bits per heavy atom. The molecule has 0 unspecified atom stereocenters. The molecule has 1 aliphatic rings. The van der Waals surface area contributed by atoms with E-state index in [0.717, 1.165) is 23.2 Å². The summed E-state index contributed by atoms with van der Waals surface area (Å²) in [6, 6.07) is 17.8. The molecule has 1 aromatic heterocycles. The molecular weight excluding hydrogens is 454 g/mol. The van der Waals surface area contributed by atoms with Gasteiger partial charge in [-0.05, 0) is 87.1 Å². The zero-order valence-corrected chi connectivity index (χ0v) is 20.8. The van der Waals surface area contributed by atoms with Gasteiger partial charge >= 0.3 is 0 Å². The van der Waals surface area contributed by atoms with E-state index in [1.807, 2.05) is 50.2 Å². The average Bonchev–Trinajstić information content (AvgIpc) is 3.13. The van der Waals surface area contributed by atoms with E-state index in [0.29, 0.717) is 30.9 Å².